The second-order valence-electron chi connectivity index (χ2n) is 5.94. The van der Waals surface area contributed by atoms with Crippen molar-refractivity contribution in [2.24, 2.45) is 5.92 Å². The molecule has 0 amide bonds. The topological polar surface area (TPSA) is 23.5 Å². The fourth-order valence-electron chi connectivity index (χ4n) is 3.65. The third kappa shape index (κ3) is 2.67. The highest BCUT2D eigenvalue weighted by molar-refractivity contribution is 5.33. The Bertz CT molecular complexity index is 448. The molecule has 0 aromatic heterocycles. The van der Waals surface area contributed by atoms with E-state index in [9.17, 15) is 9.50 Å². The standard InChI is InChI=1S/C16H22FNO/c17-14-7-6-13-4-1-5-16(15(13)9-14)18-8-2-3-12(10-18)11-19/h6-7,9,12,16,19H,1-5,8,10-11H2/t12-,16-/m1/s1. The first-order chi connectivity index (χ1) is 9.28. The molecule has 2 atom stereocenters. The molecule has 1 saturated heterocycles. The number of rotatable bonds is 2. The van der Waals surface area contributed by atoms with E-state index in [0.29, 0.717) is 12.0 Å². The molecule has 0 radical (unpaired) electrons. The normalized spacial score (nSPS) is 28.1. The van der Waals surface area contributed by atoms with Crippen molar-refractivity contribution in [1.29, 1.82) is 0 Å². The molecule has 2 aliphatic rings. The van der Waals surface area contributed by atoms with E-state index in [1.54, 1.807) is 12.1 Å². The predicted molar refractivity (Wildman–Crippen MR) is 73.5 cm³/mol. The minimum absolute atomic E-state index is 0.124. The molecule has 1 heterocycles. The smallest absolute Gasteiger partial charge is 0.123 e. The second kappa shape index (κ2) is 5.59. The SMILES string of the molecule is OC[C@@H]1CCCN([C@@H]2CCCc3ccc(F)cc32)C1. The van der Waals surface area contributed by atoms with E-state index in [1.165, 1.54) is 17.5 Å². The van der Waals surface area contributed by atoms with Gasteiger partial charge in [0.25, 0.3) is 0 Å². The van der Waals surface area contributed by atoms with Gasteiger partial charge in [0.05, 0.1) is 0 Å². The highest BCUT2D eigenvalue weighted by Gasteiger charge is 2.29. The first-order valence-electron chi connectivity index (χ1n) is 7.41. The van der Waals surface area contributed by atoms with Gasteiger partial charge in [-0.15, -0.1) is 0 Å². The lowest BCUT2D eigenvalue weighted by Gasteiger charge is -2.40. The molecule has 19 heavy (non-hydrogen) atoms. The van der Waals surface area contributed by atoms with Crippen molar-refractivity contribution in [1.82, 2.24) is 4.90 Å². The van der Waals surface area contributed by atoms with E-state index in [1.807, 2.05) is 6.07 Å². The first-order valence-corrected chi connectivity index (χ1v) is 7.41. The summed E-state index contributed by atoms with van der Waals surface area (Å²) in [7, 11) is 0. The summed E-state index contributed by atoms with van der Waals surface area (Å²) in [4.78, 5) is 2.46. The van der Waals surface area contributed by atoms with Gasteiger partial charge in [0.1, 0.15) is 5.82 Å². The van der Waals surface area contributed by atoms with Crippen molar-refractivity contribution in [2.75, 3.05) is 19.7 Å². The lowest BCUT2D eigenvalue weighted by molar-refractivity contribution is 0.0804. The molecular formula is C16H22FNO. The average Bonchev–Trinajstić information content (AvgIpc) is 2.46. The van der Waals surface area contributed by atoms with E-state index in [0.717, 1.165) is 38.8 Å². The van der Waals surface area contributed by atoms with Crippen molar-refractivity contribution in [3.63, 3.8) is 0 Å². The Morgan fingerprint density at radius 3 is 3.00 bits per heavy atom. The summed E-state index contributed by atoms with van der Waals surface area (Å²) in [5.74, 6) is 0.272. The van der Waals surface area contributed by atoms with Crippen LogP contribution in [0, 0.1) is 11.7 Å². The quantitative estimate of drug-likeness (QED) is 0.887. The van der Waals surface area contributed by atoms with Crippen LogP contribution in [0.1, 0.15) is 42.9 Å². The summed E-state index contributed by atoms with van der Waals surface area (Å²) in [5.41, 5.74) is 2.49. The number of hydrogen-bond acceptors (Lipinski definition) is 2. The molecular weight excluding hydrogens is 241 g/mol. The van der Waals surface area contributed by atoms with E-state index < -0.39 is 0 Å². The third-order valence-electron chi connectivity index (χ3n) is 4.64. The van der Waals surface area contributed by atoms with Crippen LogP contribution in [0.2, 0.25) is 0 Å². The van der Waals surface area contributed by atoms with Crippen LogP contribution in [0.15, 0.2) is 18.2 Å². The molecule has 1 aromatic rings. The molecule has 0 bridgehead atoms. The highest BCUT2D eigenvalue weighted by Crippen LogP contribution is 2.36. The lowest BCUT2D eigenvalue weighted by Crippen LogP contribution is -2.40. The number of aliphatic hydroxyl groups excluding tert-OH is 1. The van der Waals surface area contributed by atoms with Crippen molar-refractivity contribution >= 4 is 0 Å². The van der Waals surface area contributed by atoms with Crippen molar-refractivity contribution < 1.29 is 9.50 Å². The summed E-state index contributed by atoms with van der Waals surface area (Å²) in [5, 5.41) is 9.36. The molecule has 0 spiro atoms. The Morgan fingerprint density at radius 1 is 1.26 bits per heavy atom. The number of hydrogen-bond donors (Lipinski definition) is 1. The highest BCUT2D eigenvalue weighted by atomic mass is 19.1. The summed E-state index contributed by atoms with van der Waals surface area (Å²) in [6.07, 6.45) is 5.64. The molecule has 1 aromatic carbocycles. The molecule has 3 rings (SSSR count). The monoisotopic (exact) mass is 263 g/mol. The number of halogens is 1. The molecule has 1 N–H and O–H groups in total. The Labute approximate surface area is 114 Å². The van der Waals surface area contributed by atoms with Gasteiger partial charge >= 0.3 is 0 Å². The van der Waals surface area contributed by atoms with Crippen LogP contribution in [0.5, 0.6) is 0 Å². The van der Waals surface area contributed by atoms with Crippen LogP contribution < -0.4 is 0 Å². The van der Waals surface area contributed by atoms with Crippen LogP contribution in [-0.2, 0) is 6.42 Å². The molecule has 3 heteroatoms. The zero-order valence-corrected chi connectivity index (χ0v) is 11.3. The summed E-state index contributed by atoms with van der Waals surface area (Å²) in [6.45, 7) is 2.31. The maximum Gasteiger partial charge on any atom is 0.123 e. The molecule has 1 aliphatic carbocycles. The molecule has 0 unspecified atom stereocenters. The molecule has 2 nitrogen and oxygen atoms in total. The van der Waals surface area contributed by atoms with E-state index >= 15 is 0 Å². The average molecular weight is 263 g/mol. The summed E-state index contributed by atoms with van der Waals surface area (Å²) < 4.78 is 13.5. The number of fused-ring (bicyclic) bond motifs is 1. The Balaban J connectivity index is 1.84. The van der Waals surface area contributed by atoms with Crippen LogP contribution >= 0.6 is 0 Å². The molecule has 1 fully saturated rings. The zero-order valence-electron chi connectivity index (χ0n) is 11.3. The number of likely N-dealkylation sites (tertiary alicyclic amines) is 1. The maximum absolute atomic E-state index is 13.5. The van der Waals surface area contributed by atoms with Crippen LogP contribution in [0.25, 0.3) is 0 Å². The zero-order chi connectivity index (χ0) is 13.2. The van der Waals surface area contributed by atoms with E-state index in [2.05, 4.69) is 4.90 Å². The van der Waals surface area contributed by atoms with Gasteiger partial charge in [-0.05, 0) is 67.8 Å². The van der Waals surface area contributed by atoms with Gasteiger partial charge in [-0.25, -0.2) is 4.39 Å². The second-order valence-corrected chi connectivity index (χ2v) is 5.94. The Hall–Kier alpha value is -0.930. The largest absolute Gasteiger partial charge is 0.396 e. The lowest BCUT2D eigenvalue weighted by atomic mass is 9.85. The van der Waals surface area contributed by atoms with Crippen LogP contribution in [-0.4, -0.2) is 29.7 Å². The van der Waals surface area contributed by atoms with Gasteiger partial charge in [-0.2, -0.15) is 0 Å². The van der Waals surface area contributed by atoms with Crippen LogP contribution in [0.3, 0.4) is 0 Å². The van der Waals surface area contributed by atoms with Crippen molar-refractivity contribution in [3.05, 3.63) is 35.1 Å². The fourth-order valence-corrected chi connectivity index (χ4v) is 3.65. The summed E-state index contributed by atoms with van der Waals surface area (Å²) >= 11 is 0. The summed E-state index contributed by atoms with van der Waals surface area (Å²) in [6, 6.07) is 5.61. The first kappa shape index (κ1) is 13.1. The fraction of sp³-hybridized carbons (Fsp3) is 0.625. The number of nitrogens with zero attached hydrogens (tertiary/aromatic N) is 1. The van der Waals surface area contributed by atoms with E-state index in [4.69, 9.17) is 0 Å². The number of piperidine rings is 1. The third-order valence-corrected chi connectivity index (χ3v) is 4.64. The predicted octanol–water partition coefficient (Wildman–Crippen LogP) is 2.91. The minimum Gasteiger partial charge on any atom is -0.396 e. The van der Waals surface area contributed by atoms with E-state index in [-0.39, 0.29) is 12.4 Å². The molecule has 1 aliphatic heterocycles. The van der Waals surface area contributed by atoms with Crippen molar-refractivity contribution in [2.45, 2.75) is 38.1 Å². The molecule has 0 saturated carbocycles. The van der Waals surface area contributed by atoms with Crippen LogP contribution in [0.4, 0.5) is 4.39 Å². The van der Waals surface area contributed by atoms with Gasteiger partial charge in [0, 0.05) is 19.2 Å². The number of benzene rings is 1. The number of aliphatic hydroxyl groups is 1. The van der Waals surface area contributed by atoms with Gasteiger partial charge < -0.3 is 5.11 Å². The Morgan fingerprint density at radius 2 is 2.16 bits per heavy atom. The van der Waals surface area contributed by atoms with Gasteiger partial charge in [0.2, 0.25) is 0 Å². The molecule has 104 valence electrons. The number of aryl methyl sites for hydroxylation is 1. The van der Waals surface area contributed by atoms with Gasteiger partial charge in [-0.3, -0.25) is 4.90 Å². The van der Waals surface area contributed by atoms with Gasteiger partial charge in [0.15, 0.2) is 0 Å². The van der Waals surface area contributed by atoms with Crippen molar-refractivity contribution in [3.8, 4) is 0 Å². The minimum atomic E-state index is -0.124. The maximum atomic E-state index is 13.5. The van der Waals surface area contributed by atoms with Gasteiger partial charge in [-0.1, -0.05) is 6.07 Å². The Kier molecular flexibility index (Phi) is 3.85.